The molecule has 2 aliphatic heterocycles. The van der Waals surface area contributed by atoms with Crippen molar-refractivity contribution in [3.05, 3.63) is 101 Å². The Labute approximate surface area is 197 Å². The number of aromatic nitrogens is 3. The van der Waals surface area contributed by atoms with Gasteiger partial charge in [-0.05, 0) is 36.8 Å². The molecule has 1 aromatic heterocycles. The van der Waals surface area contributed by atoms with Crippen molar-refractivity contribution in [3.8, 4) is 17.2 Å². The normalized spacial score (nSPS) is 18.2. The maximum Gasteiger partial charge on any atom is 0.226 e. The molecule has 1 N–H and O–H groups in total. The third kappa shape index (κ3) is 3.12. The van der Waals surface area contributed by atoms with Gasteiger partial charge in [0.1, 0.15) is 24.2 Å². The van der Waals surface area contributed by atoms with Gasteiger partial charge in [0, 0.05) is 16.7 Å². The molecule has 34 heavy (non-hydrogen) atoms. The average molecular weight is 453 g/mol. The van der Waals surface area contributed by atoms with Gasteiger partial charge in [0.15, 0.2) is 11.5 Å². The van der Waals surface area contributed by atoms with Gasteiger partial charge in [0.2, 0.25) is 5.95 Å². The first-order valence-corrected chi connectivity index (χ1v) is 11.1. The molecule has 7 nitrogen and oxygen atoms in total. The second kappa shape index (κ2) is 7.95. The molecule has 2 aliphatic rings. The Morgan fingerprint density at radius 1 is 0.912 bits per heavy atom. The van der Waals surface area contributed by atoms with E-state index >= 15 is 0 Å². The van der Waals surface area contributed by atoms with E-state index in [1.807, 2.05) is 41.1 Å². The summed E-state index contributed by atoms with van der Waals surface area (Å²) in [6, 6.07) is 22.3. The molecule has 170 valence electrons. The van der Waals surface area contributed by atoms with E-state index in [1.165, 1.54) is 5.56 Å². The van der Waals surface area contributed by atoms with E-state index in [1.54, 1.807) is 20.5 Å². The number of fused-ring (bicyclic) bond motifs is 3. The summed E-state index contributed by atoms with van der Waals surface area (Å²) in [5.74, 6) is 2.84. The Morgan fingerprint density at radius 2 is 1.68 bits per heavy atom. The van der Waals surface area contributed by atoms with E-state index < -0.39 is 0 Å². The fourth-order valence-electron chi connectivity index (χ4n) is 4.78. The van der Waals surface area contributed by atoms with Crippen LogP contribution in [0.3, 0.4) is 0 Å². The summed E-state index contributed by atoms with van der Waals surface area (Å²) in [5.41, 5.74) is 6.33. The molecule has 0 amide bonds. The zero-order chi connectivity index (χ0) is 23.2. The number of ether oxygens (including phenoxy) is 3. The smallest absolute Gasteiger partial charge is 0.226 e. The van der Waals surface area contributed by atoms with E-state index in [9.17, 15) is 0 Å². The SMILES string of the molecule is COc1ccc([C@@H]2Oc3ccccc3C3=C2[C@H](c2ccc(C)cc2)n2ncnc2N3)cc1OC. The molecule has 0 radical (unpaired) electrons. The quantitative estimate of drug-likeness (QED) is 0.461. The minimum absolute atomic E-state index is 0.194. The summed E-state index contributed by atoms with van der Waals surface area (Å²) >= 11 is 0. The average Bonchev–Trinajstić information content (AvgIpc) is 3.35. The van der Waals surface area contributed by atoms with Crippen molar-refractivity contribution < 1.29 is 14.2 Å². The monoisotopic (exact) mass is 452 g/mol. The van der Waals surface area contributed by atoms with Gasteiger partial charge in [-0.2, -0.15) is 10.1 Å². The molecule has 6 rings (SSSR count). The summed E-state index contributed by atoms with van der Waals surface area (Å²) in [6.45, 7) is 2.09. The number of hydrogen-bond donors (Lipinski definition) is 1. The predicted molar refractivity (Wildman–Crippen MR) is 129 cm³/mol. The van der Waals surface area contributed by atoms with Crippen LogP contribution >= 0.6 is 0 Å². The van der Waals surface area contributed by atoms with Gasteiger partial charge in [-0.3, -0.25) is 0 Å². The summed E-state index contributed by atoms with van der Waals surface area (Å²) in [6.07, 6.45) is 1.21. The fraction of sp³-hybridized carbons (Fsp3) is 0.185. The largest absolute Gasteiger partial charge is 0.493 e. The second-order valence-corrected chi connectivity index (χ2v) is 8.41. The number of anilines is 1. The van der Waals surface area contributed by atoms with Gasteiger partial charge in [-0.1, -0.05) is 48.0 Å². The van der Waals surface area contributed by atoms with E-state index in [-0.39, 0.29) is 12.1 Å². The first-order chi connectivity index (χ1) is 16.7. The van der Waals surface area contributed by atoms with Crippen molar-refractivity contribution in [2.45, 2.75) is 19.1 Å². The zero-order valence-electron chi connectivity index (χ0n) is 19.1. The summed E-state index contributed by atoms with van der Waals surface area (Å²) in [5, 5.41) is 8.11. The maximum atomic E-state index is 6.67. The van der Waals surface area contributed by atoms with Crippen molar-refractivity contribution in [1.82, 2.24) is 14.8 Å². The van der Waals surface area contributed by atoms with Gasteiger partial charge in [-0.25, -0.2) is 4.68 Å². The lowest BCUT2D eigenvalue weighted by molar-refractivity contribution is 0.222. The van der Waals surface area contributed by atoms with Crippen molar-refractivity contribution >= 4 is 11.6 Å². The molecule has 0 spiro atoms. The van der Waals surface area contributed by atoms with Crippen molar-refractivity contribution in [2.75, 3.05) is 19.5 Å². The topological polar surface area (TPSA) is 70.4 Å². The molecule has 3 aromatic carbocycles. The molecular weight excluding hydrogens is 428 g/mol. The van der Waals surface area contributed by atoms with Crippen molar-refractivity contribution in [1.29, 1.82) is 0 Å². The number of rotatable bonds is 4. The molecular formula is C27H24N4O3. The second-order valence-electron chi connectivity index (χ2n) is 8.41. The first-order valence-electron chi connectivity index (χ1n) is 11.1. The molecule has 0 fully saturated rings. The Hall–Kier alpha value is -4.26. The number of aryl methyl sites for hydroxylation is 1. The highest BCUT2D eigenvalue weighted by Gasteiger charge is 2.41. The number of nitrogens with zero attached hydrogens (tertiary/aromatic N) is 3. The number of nitrogens with one attached hydrogen (secondary N) is 1. The van der Waals surface area contributed by atoms with E-state index in [2.05, 4.69) is 52.7 Å². The van der Waals surface area contributed by atoms with Gasteiger partial charge < -0.3 is 19.5 Å². The van der Waals surface area contributed by atoms with Crippen LogP contribution in [0.15, 0.2) is 78.6 Å². The number of methoxy groups -OCH3 is 2. The standard InChI is InChI=1S/C27H24N4O3/c1-16-8-10-17(11-9-16)25-23-24(30-27-28-15-29-31(25)27)19-6-4-5-7-20(19)34-26(23)18-12-13-21(32-2)22(14-18)33-3/h4-15,25-26H,1-3H3,(H,28,29,30)/t25-,26-/m0/s1. The van der Waals surface area contributed by atoms with E-state index in [4.69, 9.17) is 14.2 Å². The Balaban J connectivity index is 1.60. The minimum Gasteiger partial charge on any atom is -0.493 e. The Kier molecular flexibility index (Phi) is 4.76. The summed E-state index contributed by atoms with van der Waals surface area (Å²) in [7, 11) is 3.28. The first kappa shape index (κ1) is 20.4. The van der Waals surface area contributed by atoms with Gasteiger partial charge >= 0.3 is 0 Å². The number of para-hydroxylation sites is 1. The molecule has 0 bridgehead atoms. The molecule has 0 saturated heterocycles. The predicted octanol–water partition coefficient (Wildman–Crippen LogP) is 5.16. The van der Waals surface area contributed by atoms with Crippen LogP contribution in [0.25, 0.3) is 5.70 Å². The van der Waals surface area contributed by atoms with E-state index in [0.717, 1.165) is 33.7 Å². The summed E-state index contributed by atoms with van der Waals surface area (Å²) < 4.78 is 19.7. The lowest BCUT2D eigenvalue weighted by Crippen LogP contribution is -2.32. The van der Waals surface area contributed by atoms with Crippen LogP contribution in [0.2, 0.25) is 0 Å². The molecule has 2 atom stereocenters. The zero-order valence-corrected chi connectivity index (χ0v) is 19.1. The highest BCUT2D eigenvalue weighted by Crippen LogP contribution is 2.51. The van der Waals surface area contributed by atoms with Crippen LogP contribution in [-0.2, 0) is 0 Å². The minimum atomic E-state index is -0.374. The molecule has 0 unspecified atom stereocenters. The molecule has 3 heterocycles. The third-order valence-corrected chi connectivity index (χ3v) is 6.42. The molecule has 0 aliphatic carbocycles. The van der Waals surface area contributed by atoms with Gasteiger partial charge in [0.05, 0.1) is 19.9 Å². The Bertz CT molecular complexity index is 1410. The van der Waals surface area contributed by atoms with Gasteiger partial charge in [0.25, 0.3) is 0 Å². The molecule has 0 saturated carbocycles. The lowest BCUT2D eigenvalue weighted by atomic mass is 9.84. The Morgan fingerprint density at radius 3 is 2.47 bits per heavy atom. The van der Waals surface area contributed by atoms with E-state index in [0.29, 0.717) is 17.4 Å². The van der Waals surface area contributed by atoms with Crippen molar-refractivity contribution in [3.63, 3.8) is 0 Å². The van der Waals surface area contributed by atoms with Gasteiger partial charge in [-0.15, -0.1) is 0 Å². The lowest BCUT2D eigenvalue weighted by Gasteiger charge is -2.39. The van der Waals surface area contributed by atoms with Crippen molar-refractivity contribution in [2.24, 2.45) is 0 Å². The maximum absolute atomic E-state index is 6.67. The van der Waals surface area contributed by atoms with Crippen LogP contribution in [0.1, 0.15) is 34.4 Å². The van der Waals surface area contributed by atoms with Crippen LogP contribution in [0.4, 0.5) is 5.95 Å². The third-order valence-electron chi connectivity index (χ3n) is 6.42. The molecule has 4 aromatic rings. The number of hydrogen-bond acceptors (Lipinski definition) is 6. The number of benzene rings is 3. The highest BCUT2D eigenvalue weighted by molar-refractivity contribution is 5.85. The van der Waals surface area contributed by atoms with Crippen LogP contribution in [0, 0.1) is 6.92 Å². The highest BCUT2D eigenvalue weighted by atomic mass is 16.5. The summed E-state index contributed by atoms with van der Waals surface area (Å²) in [4.78, 5) is 4.49. The van der Waals surface area contributed by atoms with Crippen LogP contribution < -0.4 is 19.5 Å². The fourth-order valence-corrected chi connectivity index (χ4v) is 4.78. The van der Waals surface area contributed by atoms with Crippen LogP contribution in [0.5, 0.6) is 17.2 Å². The molecule has 7 heteroatoms. The van der Waals surface area contributed by atoms with Crippen LogP contribution in [-0.4, -0.2) is 29.0 Å².